The van der Waals surface area contributed by atoms with Crippen LogP contribution in [0.25, 0.3) is 10.9 Å². The third-order valence-electron chi connectivity index (χ3n) is 5.54. The second-order valence-electron chi connectivity index (χ2n) is 7.08. The minimum absolute atomic E-state index is 0.172. The van der Waals surface area contributed by atoms with Gasteiger partial charge in [-0.3, -0.25) is 0 Å². The molecule has 2 aliphatic rings. The van der Waals surface area contributed by atoms with Crippen molar-refractivity contribution >= 4 is 26.7 Å². The van der Waals surface area contributed by atoms with Crippen LogP contribution < -0.4 is 4.90 Å². The molecule has 0 spiro atoms. The number of sulfonamides is 1. The lowest BCUT2D eigenvalue weighted by molar-refractivity contribution is 0.384. The Labute approximate surface area is 149 Å². The fraction of sp³-hybridized carbons (Fsp3) is 0.526. The zero-order valence-electron chi connectivity index (χ0n) is 15.0. The third kappa shape index (κ3) is 3.02. The molecule has 0 radical (unpaired) electrons. The predicted molar refractivity (Wildman–Crippen MR) is 102 cm³/mol. The van der Waals surface area contributed by atoms with Crippen molar-refractivity contribution in [3.05, 3.63) is 34.9 Å². The van der Waals surface area contributed by atoms with Crippen molar-refractivity contribution in [2.75, 3.05) is 36.8 Å². The number of anilines is 1. The van der Waals surface area contributed by atoms with E-state index in [0.717, 1.165) is 17.8 Å². The minimum Gasteiger partial charge on any atom is -0.354 e. The van der Waals surface area contributed by atoms with E-state index in [2.05, 4.69) is 30.0 Å². The maximum absolute atomic E-state index is 12.0. The van der Waals surface area contributed by atoms with Crippen LogP contribution in [0.4, 0.5) is 5.82 Å². The highest BCUT2D eigenvalue weighted by atomic mass is 32.2. The summed E-state index contributed by atoms with van der Waals surface area (Å²) in [6.07, 6.45) is 3.58. The van der Waals surface area contributed by atoms with E-state index >= 15 is 0 Å². The van der Waals surface area contributed by atoms with Gasteiger partial charge >= 0.3 is 0 Å². The van der Waals surface area contributed by atoms with Gasteiger partial charge in [0.2, 0.25) is 10.0 Å². The Morgan fingerprint density at radius 2 is 1.72 bits per heavy atom. The summed E-state index contributed by atoms with van der Waals surface area (Å²) >= 11 is 0. The molecule has 25 heavy (non-hydrogen) atoms. The number of fused-ring (bicyclic) bond motifs is 2. The van der Waals surface area contributed by atoms with Gasteiger partial charge in [-0.25, -0.2) is 13.4 Å². The van der Waals surface area contributed by atoms with Gasteiger partial charge in [0.25, 0.3) is 0 Å². The number of rotatable bonds is 3. The lowest BCUT2D eigenvalue weighted by Crippen LogP contribution is -2.49. The first-order valence-corrected chi connectivity index (χ1v) is 10.7. The second-order valence-corrected chi connectivity index (χ2v) is 9.33. The Balaban J connectivity index is 1.61. The van der Waals surface area contributed by atoms with Gasteiger partial charge in [-0.1, -0.05) is 0 Å². The van der Waals surface area contributed by atoms with Gasteiger partial charge in [0, 0.05) is 31.6 Å². The van der Waals surface area contributed by atoms with Crippen molar-refractivity contribution in [3.63, 3.8) is 0 Å². The van der Waals surface area contributed by atoms with Gasteiger partial charge in [-0.2, -0.15) is 4.31 Å². The Morgan fingerprint density at radius 3 is 2.40 bits per heavy atom. The molecule has 2 aromatic rings. The predicted octanol–water partition coefficient (Wildman–Crippen LogP) is 2.50. The summed E-state index contributed by atoms with van der Waals surface area (Å²) in [5.74, 6) is 1.14. The molecule has 1 aliphatic heterocycles. The summed E-state index contributed by atoms with van der Waals surface area (Å²) in [6, 6.07) is 6.72. The summed E-state index contributed by atoms with van der Waals surface area (Å²) in [5, 5.41) is 1.25. The van der Waals surface area contributed by atoms with E-state index in [4.69, 9.17) is 4.98 Å². The van der Waals surface area contributed by atoms with Crippen molar-refractivity contribution in [2.45, 2.75) is 33.1 Å². The van der Waals surface area contributed by atoms with E-state index in [1.54, 1.807) is 11.2 Å². The van der Waals surface area contributed by atoms with Gasteiger partial charge in [0.1, 0.15) is 5.82 Å². The van der Waals surface area contributed by atoms with E-state index in [1.807, 2.05) is 0 Å². The molecule has 6 heteroatoms. The second kappa shape index (κ2) is 6.25. The fourth-order valence-corrected chi connectivity index (χ4v) is 5.07. The maximum atomic E-state index is 12.0. The van der Waals surface area contributed by atoms with Crippen LogP contribution in [0, 0.1) is 6.92 Å². The topological polar surface area (TPSA) is 53.5 Å². The molecular formula is C19H25N3O2S. The number of aromatic nitrogens is 1. The van der Waals surface area contributed by atoms with Crippen molar-refractivity contribution in [1.82, 2.24) is 9.29 Å². The maximum Gasteiger partial charge on any atom is 0.213 e. The summed E-state index contributed by atoms with van der Waals surface area (Å²) in [5.41, 5.74) is 5.23. The first-order valence-electron chi connectivity index (χ1n) is 9.14. The molecule has 0 saturated carbocycles. The molecule has 0 N–H and O–H groups in total. The van der Waals surface area contributed by atoms with Gasteiger partial charge in [-0.05, 0) is 68.0 Å². The molecular weight excluding hydrogens is 334 g/mol. The molecule has 0 atom stereocenters. The number of hydrogen-bond acceptors (Lipinski definition) is 4. The van der Waals surface area contributed by atoms with Crippen LogP contribution in [-0.4, -0.2) is 49.6 Å². The van der Waals surface area contributed by atoms with Crippen LogP contribution in [-0.2, 0) is 22.9 Å². The highest BCUT2D eigenvalue weighted by molar-refractivity contribution is 7.89. The molecule has 1 fully saturated rings. The summed E-state index contributed by atoms with van der Waals surface area (Å²) in [7, 11) is -3.09. The summed E-state index contributed by atoms with van der Waals surface area (Å²) < 4.78 is 25.7. The summed E-state index contributed by atoms with van der Waals surface area (Å²) in [6.45, 7) is 6.32. The van der Waals surface area contributed by atoms with E-state index in [-0.39, 0.29) is 5.75 Å². The quantitative estimate of drug-likeness (QED) is 0.845. The Kier molecular flexibility index (Phi) is 4.20. The SMILES string of the molecule is CCS(=O)(=O)N1CCN(c2cc(C)c3cc4c(cc3n2)CCC4)CC1. The van der Waals surface area contributed by atoms with E-state index < -0.39 is 10.0 Å². The minimum atomic E-state index is -3.09. The number of nitrogens with zero attached hydrogens (tertiary/aromatic N) is 3. The Hall–Kier alpha value is -1.66. The lowest BCUT2D eigenvalue weighted by atomic mass is 10.0. The molecule has 1 saturated heterocycles. The zero-order chi connectivity index (χ0) is 17.6. The van der Waals surface area contributed by atoms with Crippen molar-refractivity contribution in [3.8, 4) is 0 Å². The Bertz CT molecular complexity index is 916. The van der Waals surface area contributed by atoms with Crippen molar-refractivity contribution < 1.29 is 8.42 Å². The normalized spacial score (nSPS) is 18.7. The average molecular weight is 359 g/mol. The molecule has 4 rings (SSSR count). The first kappa shape index (κ1) is 16.8. The fourth-order valence-electron chi connectivity index (χ4n) is 3.99. The largest absolute Gasteiger partial charge is 0.354 e. The molecule has 2 heterocycles. The molecule has 1 aliphatic carbocycles. The number of benzene rings is 1. The molecule has 0 bridgehead atoms. The van der Waals surface area contributed by atoms with Crippen LogP contribution in [0.15, 0.2) is 18.2 Å². The highest BCUT2D eigenvalue weighted by Crippen LogP contribution is 2.30. The number of pyridine rings is 1. The average Bonchev–Trinajstić information content (AvgIpc) is 3.07. The molecule has 1 aromatic heterocycles. The van der Waals surface area contributed by atoms with Gasteiger partial charge in [-0.15, -0.1) is 0 Å². The number of aryl methyl sites for hydroxylation is 3. The standard InChI is InChI=1S/C19H25N3O2S/c1-3-25(23,24)22-9-7-21(8-10-22)19-11-14(2)17-12-15-5-4-6-16(15)13-18(17)20-19/h11-13H,3-10H2,1-2H3. The van der Waals surface area contributed by atoms with E-state index in [0.29, 0.717) is 26.2 Å². The molecule has 1 aromatic carbocycles. The number of piperazine rings is 1. The first-order chi connectivity index (χ1) is 12.0. The van der Waals surface area contributed by atoms with Gasteiger partial charge in [0.15, 0.2) is 0 Å². The van der Waals surface area contributed by atoms with Crippen LogP contribution in [0.1, 0.15) is 30.0 Å². The van der Waals surface area contributed by atoms with Crippen molar-refractivity contribution in [1.29, 1.82) is 0 Å². The monoisotopic (exact) mass is 359 g/mol. The van der Waals surface area contributed by atoms with Crippen LogP contribution in [0.2, 0.25) is 0 Å². The van der Waals surface area contributed by atoms with Crippen LogP contribution in [0.5, 0.6) is 0 Å². The lowest BCUT2D eigenvalue weighted by Gasteiger charge is -2.34. The molecule has 134 valence electrons. The highest BCUT2D eigenvalue weighted by Gasteiger charge is 2.26. The van der Waals surface area contributed by atoms with Crippen LogP contribution in [0.3, 0.4) is 0 Å². The molecule has 0 unspecified atom stereocenters. The van der Waals surface area contributed by atoms with Gasteiger partial charge in [0.05, 0.1) is 11.3 Å². The number of hydrogen-bond donors (Lipinski definition) is 0. The Morgan fingerprint density at radius 1 is 1.04 bits per heavy atom. The van der Waals surface area contributed by atoms with E-state index in [9.17, 15) is 8.42 Å². The van der Waals surface area contributed by atoms with Gasteiger partial charge < -0.3 is 4.90 Å². The molecule has 0 amide bonds. The smallest absolute Gasteiger partial charge is 0.213 e. The summed E-state index contributed by atoms with van der Waals surface area (Å²) in [4.78, 5) is 7.11. The van der Waals surface area contributed by atoms with Crippen LogP contribution >= 0.6 is 0 Å². The molecule has 5 nitrogen and oxygen atoms in total. The van der Waals surface area contributed by atoms with Crippen molar-refractivity contribution in [2.24, 2.45) is 0 Å². The zero-order valence-corrected chi connectivity index (χ0v) is 15.8. The van der Waals surface area contributed by atoms with E-state index in [1.165, 1.54) is 34.9 Å². The third-order valence-corrected chi connectivity index (χ3v) is 7.42.